The molecule has 0 saturated carbocycles. The Balaban J connectivity index is 1.88. The minimum Gasteiger partial charge on any atom is -0.262 e. The van der Waals surface area contributed by atoms with Gasteiger partial charge in [0.1, 0.15) is 0 Å². The van der Waals surface area contributed by atoms with Crippen LogP contribution >= 0.6 is 45.9 Å². The second kappa shape index (κ2) is 8.41. The van der Waals surface area contributed by atoms with E-state index in [0.29, 0.717) is 14.8 Å². The number of pyridine rings is 1. The SMILES string of the molecule is Cc1ccc(C=Nn2c(-c3cc(Cl)ccc3Cl)csc2=Nc2cccnc2)s1. The Morgan fingerprint density at radius 1 is 1.14 bits per heavy atom. The van der Waals surface area contributed by atoms with E-state index in [0.717, 1.165) is 21.8 Å². The summed E-state index contributed by atoms with van der Waals surface area (Å²) < 4.78 is 1.78. The Bertz CT molecular complexity index is 1210. The van der Waals surface area contributed by atoms with Gasteiger partial charge in [-0.05, 0) is 49.4 Å². The molecular formula is C20H14Cl2N4S2. The smallest absolute Gasteiger partial charge is 0.211 e. The van der Waals surface area contributed by atoms with Crippen molar-refractivity contribution in [3.05, 3.63) is 84.8 Å². The van der Waals surface area contributed by atoms with Gasteiger partial charge in [0, 0.05) is 31.9 Å². The molecule has 0 fully saturated rings. The van der Waals surface area contributed by atoms with Gasteiger partial charge in [-0.3, -0.25) is 4.98 Å². The molecule has 1 aromatic carbocycles. The first-order chi connectivity index (χ1) is 13.6. The van der Waals surface area contributed by atoms with Crippen LogP contribution in [0.5, 0.6) is 0 Å². The molecule has 0 aliphatic carbocycles. The highest BCUT2D eigenvalue weighted by Gasteiger charge is 2.12. The van der Waals surface area contributed by atoms with Gasteiger partial charge in [-0.25, -0.2) is 9.67 Å². The maximum absolute atomic E-state index is 6.43. The molecule has 0 aliphatic heterocycles. The lowest BCUT2D eigenvalue weighted by Crippen LogP contribution is -2.11. The molecule has 8 heteroatoms. The first-order valence-electron chi connectivity index (χ1n) is 8.32. The van der Waals surface area contributed by atoms with Crippen LogP contribution in [0.1, 0.15) is 9.75 Å². The van der Waals surface area contributed by atoms with Crippen molar-refractivity contribution >= 4 is 57.8 Å². The highest BCUT2D eigenvalue weighted by molar-refractivity contribution is 7.13. The van der Waals surface area contributed by atoms with Crippen LogP contribution in [0.3, 0.4) is 0 Å². The second-order valence-electron chi connectivity index (χ2n) is 5.86. The molecule has 0 spiro atoms. The second-order valence-corrected chi connectivity index (χ2v) is 8.86. The molecule has 4 aromatic rings. The molecular weight excluding hydrogens is 431 g/mol. The molecule has 0 unspecified atom stereocenters. The van der Waals surface area contributed by atoms with E-state index in [4.69, 9.17) is 23.2 Å². The monoisotopic (exact) mass is 444 g/mol. The van der Waals surface area contributed by atoms with Gasteiger partial charge in [0.05, 0.1) is 28.8 Å². The number of thiophene rings is 1. The van der Waals surface area contributed by atoms with Gasteiger partial charge in [-0.2, -0.15) is 5.10 Å². The van der Waals surface area contributed by atoms with Crippen molar-refractivity contribution < 1.29 is 0 Å². The van der Waals surface area contributed by atoms with E-state index in [1.807, 2.05) is 35.9 Å². The van der Waals surface area contributed by atoms with Gasteiger partial charge < -0.3 is 0 Å². The number of rotatable bonds is 4. The van der Waals surface area contributed by atoms with Gasteiger partial charge in [0.25, 0.3) is 0 Å². The van der Waals surface area contributed by atoms with Crippen LogP contribution in [0.4, 0.5) is 5.69 Å². The number of hydrogen-bond donors (Lipinski definition) is 0. The number of aromatic nitrogens is 2. The third-order valence-corrected chi connectivity index (χ3v) is 6.14. The van der Waals surface area contributed by atoms with Crippen LogP contribution < -0.4 is 4.80 Å². The molecule has 0 radical (unpaired) electrons. The van der Waals surface area contributed by atoms with Crippen LogP contribution in [0.2, 0.25) is 10.0 Å². The molecule has 0 amide bonds. The highest BCUT2D eigenvalue weighted by Crippen LogP contribution is 2.31. The van der Waals surface area contributed by atoms with Crippen molar-refractivity contribution in [2.24, 2.45) is 10.1 Å². The lowest BCUT2D eigenvalue weighted by Gasteiger charge is -2.06. The fraction of sp³-hybridized carbons (Fsp3) is 0.0500. The average Bonchev–Trinajstić information content (AvgIpc) is 3.29. The first-order valence-corrected chi connectivity index (χ1v) is 10.8. The van der Waals surface area contributed by atoms with E-state index in [9.17, 15) is 0 Å². The van der Waals surface area contributed by atoms with Gasteiger partial charge >= 0.3 is 0 Å². The number of benzene rings is 1. The predicted octanol–water partition coefficient (Wildman–Crippen LogP) is 6.40. The van der Waals surface area contributed by atoms with Gasteiger partial charge in [-0.1, -0.05) is 23.2 Å². The van der Waals surface area contributed by atoms with Crippen LogP contribution in [0.15, 0.2) is 70.3 Å². The predicted molar refractivity (Wildman–Crippen MR) is 119 cm³/mol. The Morgan fingerprint density at radius 3 is 2.79 bits per heavy atom. The molecule has 0 N–H and O–H groups in total. The van der Waals surface area contributed by atoms with Crippen molar-refractivity contribution in [3.63, 3.8) is 0 Å². The Morgan fingerprint density at radius 2 is 2.04 bits per heavy atom. The summed E-state index contributed by atoms with van der Waals surface area (Å²) in [5.41, 5.74) is 2.38. The van der Waals surface area contributed by atoms with Gasteiger partial charge in [-0.15, -0.1) is 22.7 Å². The standard InChI is InChI=1S/C20H14Cl2N4S2/c1-13-4-6-16(28-13)11-24-26-19(17-9-14(21)5-7-18(17)22)12-27-20(26)25-15-3-2-8-23-10-15/h2-12H,1H3. The van der Waals surface area contributed by atoms with Crippen molar-refractivity contribution in [2.45, 2.75) is 6.92 Å². The minimum atomic E-state index is 0.603. The van der Waals surface area contributed by atoms with Gasteiger partial charge in [0.15, 0.2) is 0 Å². The van der Waals surface area contributed by atoms with Crippen LogP contribution in [0, 0.1) is 6.92 Å². The minimum absolute atomic E-state index is 0.603. The van der Waals surface area contributed by atoms with E-state index in [2.05, 4.69) is 28.1 Å². The summed E-state index contributed by atoms with van der Waals surface area (Å²) >= 11 is 15.8. The molecule has 0 atom stereocenters. The summed E-state index contributed by atoms with van der Waals surface area (Å²) in [6.07, 6.45) is 5.26. The maximum atomic E-state index is 6.43. The molecule has 0 aliphatic rings. The summed E-state index contributed by atoms with van der Waals surface area (Å²) in [6.45, 7) is 2.07. The normalized spacial score (nSPS) is 12.2. The number of aryl methyl sites for hydroxylation is 1. The third kappa shape index (κ3) is 4.25. The fourth-order valence-corrected chi connectivity index (χ4v) is 4.51. The lowest BCUT2D eigenvalue weighted by atomic mass is 10.2. The van der Waals surface area contributed by atoms with E-state index in [1.165, 1.54) is 16.2 Å². The molecule has 4 rings (SSSR count). The average molecular weight is 445 g/mol. The van der Waals surface area contributed by atoms with Crippen LogP contribution in [-0.2, 0) is 0 Å². The molecule has 140 valence electrons. The lowest BCUT2D eigenvalue weighted by molar-refractivity contribution is 0.855. The Hall–Kier alpha value is -2.25. The summed E-state index contributed by atoms with van der Waals surface area (Å²) in [4.78, 5) is 11.8. The molecule has 0 bridgehead atoms. The number of thiazole rings is 1. The van der Waals surface area contributed by atoms with Crippen LogP contribution in [0.25, 0.3) is 11.3 Å². The van der Waals surface area contributed by atoms with E-state index in [-0.39, 0.29) is 0 Å². The topological polar surface area (TPSA) is 42.5 Å². The zero-order chi connectivity index (χ0) is 19.5. The quantitative estimate of drug-likeness (QED) is 0.335. The van der Waals surface area contributed by atoms with Crippen LogP contribution in [-0.4, -0.2) is 15.9 Å². The molecule has 3 aromatic heterocycles. The Kier molecular flexibility index (Phi) is 5.73. The summed E-state index contributed by atoms with van der Waals surface area (Å²) in [5, 5.41) is 7.88. The summed E-state index contributed by atoms with van der Waals surface area (Å²) in [7, 11) is 0. The molecule has 0 saturated heterocycles. The zero-order valence-electron chi connectivity index (χ0n) is 14.7. The molecule has 3 heterocycles. The third-order valence-electron chi connectivity index (χ3n) is 3.82. The largest absolute Gasteiger partial charge is 0.262 e. The van der Waals surface area contributed by atoms with Gasteiger partial charge in [0.2, 0.25) is 4.80 Å². The van der Waals surface area contributed by atoms with Crippen molar-refractivity contribution in [2.75, 3.05) is 0 Å². The fourth-order valence-electron chi connectivity index (χ4n) is 2.54. The molecule has 4 nitrogen and oxygen atoms in total. The highest BCUT2D eigenvalue weighted by atomic mass is 35.5. The summed E-state index contributed by atoms with van der Waals surface area (Å²) in [5.74, 6) is 0. The number of nitrogens with zero attached hydrogens (tertiary/aromatic N) is 4. The van der Waals surface area contributed by atoms with Crippen molar-refractivity contribution in [1.82, 2.24) is 9.66 Å². The summed E-state index contributed by atoms with van der Waals surface area (Å²) in [6, 6.07) is 13.2. The zero-order valence-corrected chi connectivity index (χ0v) is 17.9. The first kappa shape index (κ1) is 19.1. The molecule has 28 heavy (non-hydrogen) atoms. The maximum Gasteiger partial charge on any atom is 0.211 e. The van der Waals surface area contributed by atoms with Crippen molar-refractivity contribution in [1.29, 1.82) is 0 Å². The van der Waals surface area contributed by atoms with Crippen molar-refractivity contribution in [3.8, 4) is 11.3 Å². The number of halogens is 2. The van der Waals surface area contributed by atoms with E-state index < -0.39 is 0 Å². The Labute approximate surface area is 180 Å². The van der Waals surface area contributed by atoms with E-state index >= 15 is 0 Å². The number of hydrogen-bond acceptors (Lipinski definition) is 5. The van der Waals surface area contributed by atoms with E-state index in [1.54, 1.807) is 40.5 Å².